The van der Waals surface area contributed by atoms with Gasteiger partial charge in [0.05, 0.1) is 22.6 Å². The maximum Gasteiger partial charge on any atom is 0.175 e. The second-order valence-electron chi connectivity index (χ2n) is 7.03. The number of nitrogens with zero attached hydrogens (tertiary/aromatic N) is 1. The number of methoxy groups -OCH3 is 1. The van der Waals surface area contributed by atoms with Crippen LogP contribution in [0.3, 0.4) is 0 Å². The Labute approximate surface area is 190 Å². The lowest BCUT2D eigenvalue weighted by Gasteiger charge is -2.08. The van der Waals surface area contributed by atoms with E-state index >= 15 is 0 Å². The number of aromatic nitrogens is 1. The van der Waals surface area contributed by atoms with Gasteiger partial charge in [0.2, 0.25) is 0 Å². The zero-order valence-corrected chi connectivity index (χ0v) is 19.0. The summed E-state index contributed by atoms with van der Waals surface area (Å²) in [5, 5.41) is 0.720. The van der Waals surface area contributed by atoms with E-state index in [4.69, 9.17) is 14.5 Å². The van der Waals surface area contributed by atoms with Crippen LogP contribution in [0.25, 0.3) is 21.7 Å². The zero-order valence-electron chi connectivity index (χ0n) is 17.4. The molecule has 4 rings (SSSR count). The molecular weight excluding hydrogens is 449 g/mol. The van der Waals surface area contributed by atoms with E-state index in [2.05, 4.69) is 0 Å². The first-order chi connectivity index (χ1) is 15.3. The molecule has 4 aromatic rings. The van der Waals surface area contributed by atoms with Crippen molar-refractivity contribution < 1.29 is 22.3 Å². The van der Waals surface area contributed by atoms with Gasteiger partial charge in [0.15, 0.2) is 21.3 Å². The average molecular weight is 470 g/mol. The van der Waals surface area contributed by atoms with Gasteiger partial charge in [-0.2, -0.15) is 0 Å². The summed E-state index contributed by atoms with van der Waals surface area (Å²) in [4.78, 5) is 5.83. The van der Waals surface area contributed by atoms with Crippen molar-refractivity contribution in [3.8, 4) is 33.2 Å². The highest BCUT2D eigenvalue weighted by atomic mass is 32.2. The standard InChI is InChI=1S/C24H20FNO4S2/c1-29-20-5-3-4-6-21(20)30-15-22-26-23(16-7-11-18(25)12-8-16)24(31-22)17-9-13-19(14-10-17)32(2,27)28/h3-14H,15H2,1-2H3. The third-order valence-corrected chi connectivity index (χ3v) is 6.96. The molecular formula is C24H20FNO4S2. The molecule has 32 heavy (non-hydrogen) atoms. The first-order valence-electron chi connectivity index (χ1n) is 9.67. The topological polar surface area (TPSA) is 65.5 Å². The molecule has 0 unspecified atom stereocenters. The molecule has 0 aliphatic heterocycles. The Morgan fingerprint density at radius 1 is 0.906 bits per heavy atom. The molecule has 1 heterocycles. The fraction of sp³-hybridized carbons (Fsp3) is 0.125. The molecule has 1 aromatic heterocycles. The molecule has 8 heteroatoms. The van der Waals surface area contributed by atoms with Crippen LogP contribution < -0.4 is 9.47 Å². The molecule has 0 aliphatic carbocycles. The van der Waals surface area contributed by atoms with Crippen LogP contribution in [-0.4, -0.2) is 26.8 Å². The van der Waals surface area contributed by atoms with E-state index in [9.17, 15) is 12.8 Å². The lowest BCUT2D eigenvalue weighted by Crippen LogP contribution is -1.97. The van der Waals surface area contributed by atoms with Crippen molar-refractivity contribution in [2.75, 3.05) is 13.4 Å². The summed E-state index contributed by atoms with van der Waals surface area (Å²) in [6, 6.07) is 20.1. The van der Waals surface area contributed by atoms with Gasteiger partial charge >= 0.3 is 0 Å². The van der Waals surface area contributed by atoms with Crippen LogP contribution in [-0.2, 0) is 16.4 Å². The molecule has 0 fully saturated rings. The van der Waals surface area contributed by atoms with Gasteiger partial charge in [0.25, 0.3) is 0 Å². The van der Waals surface area contributed by atoms with Crippen molar-refractivity contribution in [1.29, 1.82) is 0 Å². The molecule has 0 N–H and O–H groups in total. The first-order valence-corrected chi connectivity index (χ1v) is 12.4. The van der Waals surface area contributed by atoms with E-state index in [1.165, 1.54) is 29.7 Å². The molecule has 0 amide bonds. The van der Waals surface area contributed by atoms with Crippen molar-refractivity contribution in [3.63, 3.8) is 0 Å². The van der Waals surface area contributed by atoms with Crippen LogP contribution in [0.15, 0.2) is 77.7 Å². The largest absolute Gasteiger partial charge is 0.493 e. The Morgan fingerprint density at radius 3 is 2.16 bits per heavy atom. The predicted octanol–water partition coefficient (Wildman–Crippen LogP) is 5.61. The smallest absolute Gasteiger partial charge is 0.175 e. The summed E-state index contributed by atoms with van der Waals surface area (Å²) in [6.07, 6.45) is 1.17. The molecule has 0 radical (unpaired) electrons. The van der Waals surface area contributed by atoms with E-state index in [1.807, 2.05) is 24.3 Å². The van der Waals surface area contributed by atoms with E-state index in [0.717, 1.165) is 21.0 Å². The molecule has 164 valence electrons. The van der Waals surface area contributed by atoms with E-state index in [1.54, 1.807) is 43.5 Å². The monoisotopic (exact) mass is 469 g/mol. The van der Waals surface area contributed by atoms with Gasteiger partial charge in [-0.1, -0.05) is 24.3 Å². The van der Waals surface area contributed by atoms with Crippen molar-refractivity contribution >= 4 is 21.2 Å². The summed E-state index contributed by atoms with van der Waals surface area (Å²) < 4.78 is 48.3. The number of sulfone groups is 1. The summed E-state index contributed by atoms with van der Waals surface area (Å²) in [7, 11) is -1.72. The summed E-state index contributed by atoms with van der Waals surface area (Å²) in [5.74, 6) is 0.898. The Bertz CT molecular complexity index is 1330. The Hall–Kier alpha value is -3.23. The highest BCUT2D eigenvalue weighted by Crippen LogP contribution is 2.38. The number of para-hydroxylation sites is 2. The van der Waals surface area contributed by atoms with Gasteiger partial charge in [-0.25, -0.2) is 17.8 Å². The average Bonchev–Trinajstić information content (AvgIpc) is 3.22. The first kappa shape index (κ1) is 22.0. The number of halogens is 1. The van der Waals surface area contributed by atoms with E-state index in [-0.39, 0.29) is 17.3 Å². The van der Waals surface area contributed by atoms with Crippen molar-refractivity contribution in [2.24, 2.45) is 0 Å². The Morgan fingerprint density at radius 2 is 1.53 bits per heavy atom. The quantitative estimate of drug-likeness (QED) is 0.352. The van der Waals surface area contributed by atoms with E-state index in [0.29, 0.717) is 17.2 Å². The van der Waals surface area contributed by atoms with Gasteiger partial charge in [0.1, 0.15) is 17.4 Å². The SMILES string of the molecule is COc1ccccc1OCc1nc(-c2ccc(F)cc2)c(-c2ccc(S(C)(=O)=O)cc2)s1. The molecule has 3 aromatic carbocycles. The maximum atomic E-state index is 13.5. The Kier molecular flexibility index (Phi) is 6.25. The predicted molar refractivity (Wildman–Crippen MR) is 123 cm³/mol. The van der Waals surface area contributed by atoms with Crippen LogP contribution in [0, 0.1) is 5.82 Å². The lowest BCUT2D eigenvalue weighted by molar-refractivity contribution is 0.284. The van der Waals surface area contributed by atoms with Gasteiger partial charge in [-0.05, 0) is 54.1 Å². The second-order valence-corrected chi connectivity index (χ2v) is 10.1. The van der Waals surface area contributed by atoms with Gasteiger partial charge < -0.3 is 9.47 Å². The third-order valence-electron chi connectivity index (χ3n) is 4.75. The van der Waals surface area contributed by atoms with Gasteiger partial charge in [0, 0.05) is 11.8 Å². The number of ether oxygens (including phenoxy) is 2. The molecule has 0 atom stereocenters. The highest BCUT2D eigenvalue weighted by molar-refractivity contribution is 7.90. The number of benzene rings is 3. The molecule has 5 nitrogen and oxygen atoms in total. The fourth-order valence-corrected chi connectivity index (χ4v) is 4.79. The third kappa shape index (κ3) is 4.81. The van der Waals surface area contributed by atoms with Crippen molar-refractivity contribution in [1.82, 2.24) is 4.98 Å². The number of hydrogen-bond acceptors (Lipinski definition) is 6. The molecule has 0 saturated carbocycles. The van der Waals surface area contributed by atoms with Crippen LogP contribution in [0.4, 0.5) is 4.39 Å². The van der Waals surface area contributed by atoms with Crippen LogP contribution >= 0.6 is 11.3 Å². The molecule has 0 aliphatic rings. The number of rotatable bonds is 7. The molecule has 0 bridgehead atoms. The number of thiazole rings is 1. The normalized spacial score (nSPS) is 11.3. The van der Waals surface area contributed by atoms with Crippen molar-refractivity contribution in [3.05, 3.63) is 83.6 Å². The van der Waals surface area contributed by atoms with E-state index < -0.39 is 9.84 Å². The molecule has 0 spiro atoms. The Balaban J connectivity index is 1.71. The van der Waals surface area contributed by atoms with Gasteiger partial charge in [-0.3, -0.25) is 0 Å². The summed E-state index contributed by atoms with van der Waals surface area (Å²) >= 11 is 1.44. The fourth-order valence-electron chi connectivity index (χ4n) is 3.16. The van der Waals surface area contributed by atoms with Crippen LogP contribution in [0.1, 0.15) is 5.01 Å². The minimum atomic E-state index is -3.30. The lowest BCUT2D eigenvalue weighted by atomic mass is 10.1. The second kappa shape index (κ2) is 9.10. The van der Waals surface area contributed by atoms with Crippen LogP contribution in [0.2, 0.25) is 0 Å². The maximum absolute atomic E-state index is 13.5. The van der Waals surface area contributed by atoms with Crippen molar-refractivity contribution in [2.45, 2.75) is 11.5 Å². The highest BCUT2D eigenvalue weighted by Gasteiger charge is 2.17. The number of hydrogen-bond donors (Lipinski definition) is 0. The zero-order chi connectivity index (χ0) is 22.7. The minimum absolute atomic E-state index is 0.223. The van der Waals surface area contributed by atoms with Gasteiger partial charge in [-0.15, -0.1) is 11.3 Å². The summed E-state index contributed by atoms with van der Waals surface area (Å²) in [5.41, 5.74) is 2.26. The minimum Gasteiger partial charge on any atom is -0.493 e. The summed E-state index contributed by atoms with van der Waals surface area (Å²) in [6.45, 7) is 0.223. The van der Waals surface area contributed by atoms with Crippen LogP contribution in [0.5, 0.6) is 11.5 Å². The molecule has 0 saturated heterocycles.